The van der Waals surface area contributed by atoms with Crippen LogP contribution in [0.15, 0.2) is 22.7 Å². The summed E-state index contributed by atoms with van der Waals surface area (Å²) in [7, 11) is 0. The summed E-state index contributed by atoms with van der Waals surface area (Å²) in [5.74, 6) is 0. The lowest BCUT2D eigenvalue weighted by molar-refractivity contribution is -0.479. The lowest BCUT2D eigenvalue weighted by Crippen LogP contribution is -2.03. The number of nitro groups is 1. The summed E-state index contributed by atoms with van der Waals surface area (Å²) in [4.78, 5) is 9.75. The van der Waals surface area contributed by atoms with Crippen LogP contribution in [-0.2, 0) is 6.42 Å². The van der Waals surface area contributed by atoms with Gasteiger partial charge < -0.3 is 0 Å². The summed E-state index contributed by atoms with van der Waals surface area (Å²) in [6.45, 7) is -0.0576. The van der Waals surface area contributed by atoms with Gasteiger partial charge in [0.25, 0.3) is 0 Å². The van der Waals surface area contributed by atoms with Crippen molar-refractivity contribution in [3.05, 3.63) is 43.4 Å². The van der Waals surface area contributed by atoms with Crippen LogP contribution in [0.4, 0.5) is 0 Å². The second-order valence-corrected chi connectivity index (χ2v) is 3.82. The highest BCUT2D eigenvalue weighted by Gasteiger charge is 2.02. The van der Waals surface area contributed by atoms with E-state index >= 15 is 0 Å². The Kier molecular flexibility index (Phi) is 3.69. The molecule has 0 fully saturated rings. The molecule has 0 bridgehead atoms. The van der Waals surface area contributed by atoms with Crippen molar-refractivity contribution in [3.63, 3.8) is 0 Å². The second kappa shape index (κ2) is 4.58. The standard InChI is InChI=1S/C8H7BrClNO2/c9-7-2-1-6(5-8(7)10)3-4-11(12)13/h1-2,5H,3-4H2. The Morgan fingerprint density at radius 2 is 2.23 bits per heavy atom. The fourth-order valence-electron chi connectivity index (χ4n) is 0.916. The third kappa shape index (κ3) is 3.32. The molecule has 0 saturated carbocycles. The van der Waals surface area contributed by atoms with Gasteiger partial charge in [0.15, 0.2) is 0 Å². The van der Waals surface area contributed by atoms with Crippen molar-refractivity contribution in [2.45, 2.75) is 6.42 Å². The van der Waals surface area contributed by atoms with Crippen LogP contribution in [0.3, 0.4) is 0 Å². The van der Waals surface area contributed by atoms with E-state index in [1.54, 1.807) is 12.1 Å². The molecule has 0 aromatic heterocycles. The van der Waals surface area contributed by atoms with Crippen molar-refractivity contribution >= 4 is 27.5 Å². The average molecular weight is 265 g/mol. The Bertz CT molecular complexity index is 330. The maximum atomic E-state index is 10.1. The molecule has 0 N–H and O–H groups in total. The van der Waals surface area contributed by atoms with Crippen molar-refractivity contribution in [3.8, 4) is 0 Å². The van der Waals surface area contributed by atoms with Crippen molar-refractivity contribution in [1.29, 1.82) is 0 Å². The maximum Gasteiger partial charge on any atom is 0.207 e. The Balaban J connectivity index is 2.68. The van der Waals surface area contributed by atoms with Crippen molar-refractivity contribution in [2.24, 2.45) is 0 Å². The van der Waals surface area contributed by atoms with E-state index in [2.05, 4.69) is 15.9 Å². The molecule has 0 unspecified atom stereocenters. The zero-order valence-electron chi connectivity index (χ0n) is 6.67. The normalized spacial score (nSPS) is 10.0. The highest BCUT2D eigenvalue weighted by Crippen LogP contribution is 2.23. The number of nitrogens with zero attached hydrogens (tertiary/aromatic N) is 1. The molecule has 0 atom stereocenters. The Hall–Kier alpha value is -0.610. The van der Waals surface area contributed by atoms with Gasteiger partial charge in [-0.3, -0.25) is 10.1 Å². The molecule has 70 valence electrons. The minimum absolute atomic E-state index is 0.0576. The Morgan fingerprint density at radius 1 is 1.54 bits per heavy atom. The van der Waals surface area contributed by atoms with E-state index in [0.717, 1.165) is 10.0 Å². The van der Waals surface area contributed by atoms with Crippen LogP contribution in [0.2, 0.25) is 5.02 Å². The van der Waals surface area contributed by atoms with E-state index in [1.807, 2.05) is 6.07 Å². The van der Waals surface area contributed by atoms with E-state index in [4.69, 9.17) is 11.6 Å². The smallest absolute Gasteiger partial charge is 0.207 e. The van der Waals surface area contributed by atoms with Crippen molar-refractivity contribution in [2.75, 3.05) is 6.54 Å². The van der Waals surface area contributed by atoms with Crippen LogP contribution in [0.1, 0.15) is 5.56 Å². The minimum atomic E-state index is -0.337. The lowest BCUT2D eigenvalue weighted by atomic mass is 10.1. The number of hydrogen-bond donors (Lipinski definition) is 0. The molecule has 5 heteroatoms. The number of hydrogen-bond acceptors (Lipinski definition) is 2. The summed E-state index contributed by atoms with van der Waals surface area (Å²) >= 11 is 9.06. The molecule has 0 radical (unpaired) electrons. The zero-order valence-corrected chi connectivity index (χ0v) is 9.01. The van der Waals surface area contributed by atoms with Crippen LogP contribution in [0.5, 0.6) is 0 Å². The van der Waals surface area contributed by atoms with E-state index in [1.165, 1.54) is 0 Å². The molecule has 0 spiro atoms. The molecular formula is C8H7BrClNO2. The summed E-state index contributed by atoms with van der Waals surface area (Å²) in [5.41, 5.74) is 0.880. The van der Waals surface area contributed by atoms with Crippen molar-refractivity contribution in [1.82, 2.24) is 0 Å². The van der Waals surface area contributed by atoms with E-state index < -0.39 is 0 Å². The third-order valence-corrected chi connectivity index (χ3v) is 2.80. The van der Waals surface area contributed by atoms with Gasteiger partial charge in [0.1, 0.15) is 0 Å². The van der Waals surface area contributed by atoms with Crippen molar-refractivity contribution < 1.29 is 4.92 Å². The lowest BCUT2D eigenvalue weighted by Gasteiger charge is -1.99. The average Bonchev–Trinajstić information content (AvgIpc) is 2.07. The topological polar surface area (TPSA) is 43.1 Å². The highest BCUT2D eigenvalue weighted by atomic mass is 79.9. The van der Waals surface area contributed by atoms with Gasteiger partial charge >= 0.3 is 0 Å². The fourth-order valence-corrected chi connectivity index (χ4v) is 1.37. The van der Waals surface area contributed by atoms with Gasteiger partial charge in [-0.2, -0.15) is 0 Å². The first-order valence-electron chi connectivity index (χ1n) is 3.65. The van der Waals surface area contributed by atoms with Crippen LogP contribution in [-0.4, -0.2) is 11.5 Å². The van der Waals surface area contributed by atoms with Crippen LogP contribution < -0.4 is 0 Å². The molecule has 0 amide bonds. The van der Waals surface area contributed by atoms with E-state index in [-0.39, 0.29) is 11.5 Å². The van der Waals surface area contributed by atoms with Gasteiger partial charge in [-0.05, 0) is 33.6 Å². The molecule has 3 nitrogen and oxygen atoms in total. The molecule has 1 aromatic rings. The first kappa shape index (κ1) is 10.5. The second-order valence-electron chi connectivity index (χ2n) is 2.55. The largest absolute Gasteiger partial charge is 0.265 e. The van der Waals surface area contributed by atoms with Gasteiger partial charge in [-0.1, -0.05) is 17.7 Å². The van der Waals surface area contributed by atoms with Crippen LogP contribution in [0.25, 0.3) is 0 Å². The van der Waals surface area contributed by atoms with Crippen LogP contribution in [0, 0.1) is 10.1 Å². The molecule has 1 rings (SSSR count). The summed E-state index contributed by atoms with van der Waals surface area (Å²) in [5, 5.41) is 10.7. The molecule has 0 aliphatic heterocycles. The van der Waals surface area contributed by atoms with Gasteiger partial charge in [0.05, 0.1) is 5.02 Å². The SMILES string of the molecule is O=[N+]([O-])CCc1ccc(Br)c(Cl)c1. The molecule has 1 aromatic carbocycles. The summed E-state index contributed by atoms with van der Waals surface area (Å²) in [6, 6.07) is 5.34. The molecular weight excluding hydrogens is 257 g/mol. The van der Waals surface area contributed by atoms with Gasteiger partial charge in [-0.25, -0.2) is 0 Å². The Morgan fingerprint density at radius 3 is 2.77 bits per heavy atom. The van der Waals surface area contributed by atoms with Gasteiger partial charge in [0, 0.05) is 15.8 Å². The summed E-state index contributed by atoms with van der Waals surface area (Å²) in [6.07, 6.45) is 0.417. The molecule has 0 aliphatic carbocycles. The van der Waals surface area contributed by atoms with Gasteiger partial charge in [-0.15, -0.1) is 0 Å². The molecule has 13 heavy (non-hydrogen) atoms. The number of rotatable bonds is 3. The van der Waals surface area contributed by atoms with E-state index in [9.17, 15) is 10.1 Å². The highest BCUT2D eigenvalue weighted by molar-refractivity contribution is 9.10. The maximum absolute atomic E-state index is 10.1. The zero-order chi connectivity index (χ0) is 9.84. The van der Waals surface area contributed by atoms with Crippen LogP contribution >= 0.6 is 27.5 Å². The fraction of sp³-hybridized carbons (Fsp3) is 0.250. The quantitative estimate of drug-likeness (QED) is 0.622. The molecule has 0 aliphatic rings. The first-order chi connectivity index (χ1) is 6.09. The number of benzene rings is 1. The summed E-state index contributed by atoms with van der Waals surface area (Å²) < 4.78 is 0.805. The monoisotopic (exact) mass is 263 g/mol. The molecule has 0 heterocycles. The minimum Gasteiger partial charge on any atom is -0.265 e. The predicted molar refractivity (Wildman–Crippen MR) is 54.7 cm³/mol. The number of halogens is 2. The predicted octanol–water partition coefficient (Wildman–Crippen LogP) is 2.92. The first-order valence-corrected chi connectivity index (χ1v) is 4.82. The third-order valence-electron chi connectivity index (χ3n) is 1.57. The van der Waals surface area contributed by atoms with Gasteiger partial charge in [0.2, 0.25) is 6.54 Å². The van der Waals surface area contributed by atoms with E-state index in [0.29, 0.717) is 11.4 Å². The Labute approximate surface area is 89.0 Å². The molecule has 0 saturated heterocycles.